The topological polar surface area (TPSA) is 81.8 Å². The number of carbonyl (C=O) groups is 1. The third-order valence-corrected chi connectivity index (χ3v) is 2.62. The summed E-state index contributed by atoms with van der Waals surface area (Å²) in [7, 11) is 0. The highest BCUT2D eigenvalue weighted by molar-refractivity contribution is 5.93. The lowest BCUT2D eigenvalue weighted by atomic mass is 10.5. The van der Waals surface area contributed by atoms with Gasteiger partial charge >= 0.3 is 0 Å². The van der Waals surface area contributed by atoms with Crippen molar-refractivity contribution in [2.75, 3.05) is 5.32 Å². The van der Waals surface area contributed by atoms with Crippen molar-refractivity contribution in [3.63, 3.8) is 0 Å². The van der Waals surface area contributed by atoms with Crippen LogP contribution in [0.2, 0.25) is 0 Å². The average Bonchev–Trinajstić information content (AvgIpc) is 2.81. The number of aromatic nitrogens is 4. The fourth-order valence-corrected chi connectivity index (χ4v) is 1.81. The first-order chi connectivity index (χ1) is 7.70. The third-order valence-electron chi connectivity index (χ3n) is 2.62. The van der Waals surface area contributed by atoms with Gasteiger partial charge in [-0.15, -0.1) is 0 Å². The van der Waals surface area contributed by atoms with E-state index in [1.54, 1.807) is 10.9 Å². The highest BCUT2D eigenvalue weighted by Crippen LogP contribution is 2.13. The molecule has 0 unspecified atom stereocenters. The van der Waals surface area contributed by atoms with Gasteiger partial charge in [0.05, 0.1) is 6.33 Å². The molecular formula is C9H11N5O2. The molecule has 3 rings (SSSR count). The summed E-state index contributed by atoms with van der Waals surface area (Å²) in [5, 5.41) is 2.54. The van der Waals surface area contributed by atoms with Gasteiger partial charge in [0.25, 0.3) is 5.56 Å². The minimum atomic E-state index is -0.273. The van der Waals surface area contributed by atoms with Gasteiger partial charge in [0.15, 0.2) is 11.2 Å². The van der Waals surface area contributed by atoms with Crippen LogP contribution >= 0.6 is 0 Å². The lowest BCUT2D eigenvalue weighted by Crippen LogP contribution is -2.20. The molecule has 16 heavy (non-hydrogen) atoms. The molecule has 1 N–H and O–H groups in total. The molecule has 2 aromatic heterocycles. The third kappa shape index (κ3) is 1.02. The molecule has 0 aromatic carbocycles. The number of rotatable bonds is 1. The summed E-state index contributed by atoms with van der Waals surface area (Å²) in [5.41, 5.74) is 0.550. The van der Waals surface area contributed by atoms with Gasteiger partial charge < -0.3 is 4.57 Å². The Hall–Kier alpha value is -2.18. The minimum Gasteiger partial charge on any atom is -0.315 e. The van der Waals surface area contributed by atoms with Gasteiger partial charge in [-0.3, -0.25) is 19.5 Å². The van der Waals surface area contributed by atoms with E-state index in [0.29, 0.717) is 23.7 Å². The molecule has 0 radical (unpaired) electrons. The number of nitrogens with one attached hydrogen (secondary N) is 1. The summed E-state index contributed by atoms with van der Waals surface area (Å²) in [5.74, 6) is 0.0815. The lowest BCUT2D eigenvalue weighted by Gasteiger charge is -2.01. The van der Waals surface area contributed by atoms with Crippen molar-refractivity contribution in [2.24, 2.45) is 0 Å². The highest BCUT2D eigenvalue weighted by Gasteiger charge is 2.23. The quantitative estimate of drug-likeness (QED) is 0.723. The van der Waals surface area contributed by atoms with Gasteiger partial charge in [0, 0.05) is 7.97 Å². The van der Waals surface area contributed by atoms with Crippen LogP contribution in [0.5, 0.6) is 0 Å². The zero-order valence-corrected chi connectivity index (χ0v) is 8.60. The smallest absolute Gasteiger partial charge is 0.283 e. The van der Waals surface area contributed by atoms with E-state index in [-0.39, 0.29) is 19.4 Å². The fourth-order valence-electron chi connectivity index (χ4n) is 1.81. The van der Waals surface area contributed by atoms with Gasteiger partial charge in [-0.1, -0.05) is 0 Å². The van der Waals surface area contributed by atoms with E-state index in [9.17, 15) is 9.59 Å². The molecule has 3 heterocycles. The summed E-state index contributed by atoms with van der Waals surface area (Å²) < 4.78 is 3.07. The van der Waals surface area contributed by atoms with E-state index in [4.69, 9.17) is 0 Å². The van der Waals surface area contributed by atoms with Crippen LogP contribution < -0.4 is 10.9 Å². The van der Waals surface area contributed by atoms with E-state index in [1.807, 2.05) is 6.92 Å². The van der Waals surface area contributed by atoms with E-state index in [2.05, 4.69) is 15.3 Å². The van der Waals surface area contributed by atoms with Crippen molar-refractivity contribution in [1.82, 2.24) is 19.1 Å². The van der Waals surface area contributed by atoms with Crippen molar-refractivity contribution in [3.05, 3.63) is 16.7 Å². The van der Waals surface area contributed by atoms with Crippen LogP contribution in [0.1, 0.15) is 8.35 Å². The fraction of sp³-hybridized carbons (Fsp3) is 0.333. The molecule has 1 aliphatic rings. The SMILES string of the molecule is CCn1cnc2c(=O)n3c(nc21)NC(=O)C3.[HH]. The van der Waals surface area contributed by atoms with Gasteiger partial charge in [-0.2, -0.15) is 4.98 Å². The van der Waals surface area contributed by atoms with Crippen LogP contribution in [-0.4, -0.2) is 25.0 Å². The number of aryl methyl sites for hydroxylation is 1. The second-order valence-electron chi connectivity index (χ2n) is 3.58. The molecular weight excluding hydrogens is 210 g/mol. The van der Waals surface area contributed by atoms with E-state index < -0.39 is 0 Å². The highest BCUT2D eigenvalue weighted by atomic mass is 16.2. The molecule has 84 valence electrons. The first kappa shape index (κ1) is 9.08. The van der Waals surface area contributed by atoms with Crippen LogP contribution in [0.25, 0.3) is 11.2 Å². The number of amides is 1. The predicted molar refractivity (Wildman–Crippen MR) is 58.2 cm³/mol. The second kappa shape index (κ2) is 2.91. The number of anilines is 1. The van der Waals surface area contributed by atoms with Crippen molar-refractivity contribution in [2.45, 2.75) is 20.0 Å². The first-order valence-electron chi connectivity index (χ1n) is 4.96. The molecule has 1 amide bonds. The standard InChI is InChI=1S/C9H9N5O2.H2/c1-2-13-4-10-6-7(13)12-9-11-5(15)3-14(9)8(6)16;/h4H,2-3H2,1H3,(H,11,12,15);1H. The summed E-state index contributed by atoms with van der Waals surface area (Å²) in [6.07, 6.45) is 1.58. The maximum atomic E-state index is 12.0. The van der Waals surface area contributed by atoms with E-state index in [1.165, 1.54) is 4.57 Å². The molecule has 0 aliphatic carbocycles. The monoisotopic (exact) mass is 221 g/mol. The van der Waals surface area contributed by atoms with Gasteiger partial charge in [0.2, 0.25) is 11.9 Å². The zero-order chi connectivity index (χ0) is 11.3. The number of fused-ring (bicyclic) bond motifs is 2. The summed E-state index contributed by atoms with van der Waals surface area (Å²) in [6, 6.07) is 0. The molecule has 0 bridgehead atoms. The molecule has 1 aliphatic heterocycles. The van der Waals surface area contributed by atoms with Crippen LogP contribution in [0.3, 0.4) is 0 Å². The average molecular weight is 221 g/mol. The van der Waals surface area contributed by atoms with Crippen molar-refractivity contribution >= 4 is 23.0 Å². The van der Waals surface area contributed by atoms with Crippen LogP contribution in [0.4, 0.5) is 5.95 Å². The number of carbonyl (C=O) groups excluding carboxylic acids is 1. The summed E-state index contributed by atoms with van der Waals surface area (Å²) in [6.45, 7) is 2.64. The Morgan fingerprint density at radius 2 is 2.38 bits per heavy atom. The summed E-state index contributed by atoms with van der Waals surface area (Å²) in [4.78, 5) is 31.4. The van der Waals surface area contributed by atoms with Crippen LogP contribution in [0.15, 0.2) is 11.1 Å². The number of nitrogens with zero attached hydrogens (tertiary/aromatic N) is 4. The van der Waals surface area contributed by atoms with E-state index in [0.717, 1.165) is 0 Å². The predicted octanol–water partition coefficient (Wildman–Crippen LogP) is -0.189. The van der Waals surface area contributed by atoms with Crippen molar-refractivity contribution in [1.29, 1.82) is 0 Å². The number of hydrogen-bond acceptors (Lipinski definition) is 4. The zero-order valence-electron chi connectivity index (χ0n) is 8.60. The Bertz CT molecular complexity index is 659. The second-order valence-corrected chi connectivity index (χ2v) is 3.58. The van der Waals surface area contributed by atoms with Crippen LogP contribution in [0, 0.1) is 0 Å². The maximum absolute atomic E-state index is 12.0. The first-order valence-corrected chi connectivity index (χ1v) is 4.96. The van der Waals surface area contributed by atoms with Crippen molar-refractivity contribution < 1.29 is 6.22 Å². The van der Waals surface area contributed by atoms with Crippen molar-refractivity contribution in [3.8, 4) is 0 Å². The normalized spacial score (nSPS) is 14.2. The van der Waals surface area contributed by atoms with Gasteiger partial charge in [0.1, 0.15) is 6.54 Å². The largest absolute Gasteiger partial charge is 0.315 e. The lowest BCUT2D eigenvalue weighted by molar-refractivity contribution is -0.115. The number of hydrogen-bond donors (Lipinski definition) is 1. The molecule has 0 atom stereocenters. The molecule has 0 saturated carbocycles. The molecule has 2 aromatic rings. The Morgan fingerprint density at radius 3 is 3.12 bits per heavy atom. The Labute approximate surface area is 91.2 Å². The summed E-state index contributed by atoms with van der Waals surface area (Å²) >= 11 is 0. The Balaban J connectivity index is 0.00000108. The molecule has 7 nitrogen and oxygen atoms in total. The Kier molecular flexibility index (Phi) is 1.65. The molecule has 7 heteroatoms. The molecule has 0 saturated heterocycles. The molecule has 0 spiro atoms. The number of imidazole rings is 1. The van der Waals surface area contributed by atoms with Gasteiger partial charge in [-0.25, -0.2) is 4.98 Å². The Morgan fingerprint density at radius 1 is 1.56 bits per heavy atom. The minimum absolute atomic E-state index is 0. The van der Waals surface area contributed by atoms with Gasteiger partial charge in [-0.05, 0) is 6.92 Å². The van der Waals surface area contributed by atoms with E-state index >= 15 is 0 Å². The molecule has 0 fully saturated rings. The van der Waals surface area contributed by atoms with Crippen LogP contribution in [-0.2, 0) is 17.9 Å². The maximum Gasteiger partial charge on any atom is 0.283 e.